The maximum absolute atomic E-state index is 12.0. The maximum atomic E-state index is 12.0. The lowest BCUT2D eigenvalue weighted by Crippen LogP contribution is -2.10. The number of rotatable bonds is 7. The van der Waals surface area contributed by atoms with E-state index in [0.29, 0.717) is 27.8 Å². The van der Waals surface area contributed by atoms with Gasteiger partial charge in [-0.1, -0.05) is 11.6 Å². The molecule has 0 atom stereocenters. The normalized spacial score (nSPS) is 10.5. The lowest BCUT2D eigenvalue weighted by molar-refractivity contribution is -0.139. The van der Waals surface area contributed by atoms with Gasteiger partial charge in [-0.3, -0.25) is 4.79 Å². The average molecular weight is 362 g/mol. The van der Waals surface area contributed by atoms with Gasteiger partial charge in [0.2, 0.25) is 5.91 Å². The maximum Gasteiger partial charge on any atom is 0.341 e. The molecule has 0 aliphatic rings. The van der Waals surface area contributed by atoms with Crippen molar-refractivity contribution in [1.82, 2.24) is 0 Å². The SMILES string of the molecule is COc1ccc(Cl)cc1/C=C/C(=O)Nc1ccc(OCC(=O)O)cc1. The highest BCUT2D eigenvalue weighted by Gasteiger charge is 2.03. The molecular formula is C18H16ClNO5. The van der Waals surface area contributed by atoms with Gasteiger partial charge in [0.25, 0.3) is 0 Å². The molecule has 2 aromatic carbocycles. The van der Waals surface area contributed by atoms with Crippen LogP contribution in [0, 0.1) is 0 Å². The summed E-state index contributed by atoms with van der Waals surface area (Å²) in [4.78, 5) is 22.4. The van der Waals surface area contributed by atoms with Crippen LogP contribution in [0.1, 0.15) is 5.56 Å². The third-order valence-electron chi connectivity index (χ3n) is 3.09. The van der Waals surface area contributed by atoms with Crippen LogP contribution in [-0.2, 0) is 9.59 Å². The number of hydrogen-bond acceptors (Lipinski definition) is 4. The lowest BCUT2D eigenvalue weighted by atomic mass is 10.2. The summed E-state index contributed by atoms with van der Waals surface area (Å²) in [7, 11) is 1.54. The fraction of sp³-hybridized carbons (Fsp3) is 0.111. The van der Waals surface area contributed by atoms with Crippen molar-refractivity contribution in [2.24, 2.45) is 0 Å². The van der Waals surface area contributed by atoms with Gasteiger partial charge in [-0.2, -0.15) is 0 Å². The van der Waals surface area contributed by atoms with Crippen molar-refractivity contribution in [2.75, 3.05) is 19.0 Å². The molecule has 6 nitrogen and oxygen atoms in total. The molecule has 0 spiro atoms. The van der Waals surface area contributed by atoms with Gasteiger partial charge in [-0.15, -0.1) is 0 Å². The van der Waals surface area contributed by atoms with Crippen LogP contribution in [0.2, 0.25) is 5.02 Å². The first-order chi connectivity index (χ1) is 12.0. The Labute approximate surface area is 149 Å². The first-order valence-corrected chi connectivity index (χ1v) is 7.63. The Kier molecular flexibility index (Phi) is 6.42. The number of carbonyl (C=O) groups excluding carboxylic acids is 1. The van der Waals surface area contributed by atoms with Crippen LogP contribution in [0.25, 0.3) is 6.08 Å². The average Bonchev–Trinajstić information content (AvgIpc) is 2.59. The summed E-state index contributed by atoms with van der Waals surface area (Å²) in [5.74, 6) is -0.381. The highest BCUT2D eigenvalue weighted by atomic mass is 35.5. The zero-order valence-electron chi connectivity index (χ0n) is 13.4. The molecule has 0 bridgehead atoms. The number of aliphatic carboxylic acids is 1. The van der Waals surface area contributed by atoms with E-state index in [1.807, 2.05) is 0 Å². The number of carboxylic acid groups (broad SMARTS) is 1. The largest absolute Gasteiger partial charge is 0.496 e. The molecule has 0 fully saturated rings. The van der Waals surface area contributed by atoms with Crippen molar-refractivity contribution in [3.63, 3.8) is 0 Å². The summed E-state index contributed by atoms with van der Waals surface area (Å²) in [6, 6.07) is 11.5. The Morgan fingerprint density at radius 3 is 2.56 bits per heavy atom. The van der Waals surface area contributed by atoms with Crippen molar-refractivity contribution in [3.05, 3.63) is 59.1 Å². The molecule has 2 N–H and O–H groups in total. The standard InChI is InChI=1S/C18H16ClNO5/c1-24-16-8-3-13(19)10-12(16)2-9-17(21)20-14-4-6-15(7-5-14)25-11-18(22)23/h2-10H,11H2,1H3,(H,20,21)(H,22,23)/b9-2+. The first kappa shape index (κ1) is 18.4. The monoisotopic (exact) mass is 361 g/mol. The van der Waals surface area contributed by atoms with Gasteiger partial charge in [-0.05, 0) is 48.5 Å². The number of anilines is 1. The number of amides is 1. The molecule has 1 amide bonds. The predicted octanol–water partition coefficient (Wildman–Crippen LogP) is 3.46. The zero-order chi connectivity index (χ0) is 18.2. The second kappa shape index (κ2) is 8.75. The highest BCUT2D eigenvalue weighted by Crippen LogP contribution is 2.24. The van der Waals surface area contributed by atoms with E-state index < -0.39 is 12.6 Å². The number of hydrogen-bond donors (Lipinski definition) is 2. The number of carbonyl (C=O) groups is 2. The minimum absolute atomic E-state index is 0.332. The summed E-state index contributed by atoms with van der Waals surface area (Å²) >= 11 is 5.94. The van der Waals surface area contributed by atoms with Crippen molar-refractivity contribution in [2.45, 2.75) is 0 Å². The summed E-state index contributed by atoms with van der Waals surface area (Å²) in [6.07, 6.45) is 2.97. The summed E-state index contributed by atoms with van der Waals surface area (Å²) in [6.45, 7) is -0.421. The quantitative estimate of drug-likeness (QED) is 0.738. The van der Waals surface area contributed by atoms with E-state index >= 15 is 0 Å². The van der Waals surface area contributed by atoms with Crippen LogP contribution in [0.3, 0.4) is 0 Å². The number of ether oxygens (including phenoxy) is 2. The van der Waals surface area contributed by atoms with Crippen LogP contribution in [0.4, 0.5) is 5.69 Å². The van der Waals surface area contributed by atoms with Gasteiger partial charge in [0.15, 0.2) is 6.61 Å². The number of benzene rings is 2. The van der Waals surface area contributed by atoms with E-state index in [9.17, 15) is 9.59 Å². The van der Waals surface area contributed by atoms with Gasteiger partial charge in [-0.25, -0.2) is 4.79 Å². The Hall–Kier alpha value is -2.99. The first-order valence-electron chi connectivity index (χ1n) is 7.25. The van der Waals surface area contributed by atoms with Crippen LogP contribution < -0.4 is 14.8 Å². The molecular weight excluding hydrogens is 346 g/mol. The lowest BCUT2D eigenvalue weighted by Gasteiger charge is -2.06. The molecule has 25 heavy (non-hydrogen) atoms. The predicted molar refractivity (Wildman–Crippen MR) is 95.2 cm³/mol. The van der Waals surface area contributed by atoms with Crippen molar-refractivity contribution in [3.8, 4) is 11.5 Å². The fourth-order valence-electron chi connectivity index (χ4n) is 1.96. The van der Waals surface area contributed by atoms with Gasteiger partial charge < -0.3 is 19.9 Å². The Balaban J connectivity index is 1.98. The van der Waals surface area contributed by atoms with E-state index in [0.717, 1.165) is 0 Å². The van der Waals surface area contributed by atoms with Crippen molar-refractivity contribution in [1.29, 1.82) is 0 Å². The molecule has 0 saturated heterocycles. The minimum Gasteiger partial charge on any atom is -0.496 e. The van der Waals surface area contributed by atoms with Crippen LogP contribution >= 0.6 is 11.6 Å². The van der Waals surface area contributed by atoms with Gasteiger partial charge in [0.05, 0.1) is 7.11 Å². The molecule has 2 rings (SSSR count). The van der Waals surface area contributed by atoms with Gasteiger partial charge >= 0.3 is 5.97 Å². The second-order valence-electron chi connectivity index (χ2n) is 4.92. The molecule has 0 saturated carbocycles. The molecule has 0 aliphatic heterocycles. The third-order valence-corrected chi connectivity index (χ3v) is 3.33. The number of carboxylic acids is 1. The summed E-state index contributed by atoms with van der Waals surface area (Å²) in [5.41, 5.74) is 1.23. The second-order valence-corrected chi connectivity index (χ2v) is 5.35. The third kappa shape index (κ3) is 5.86. The molecule has 0 heterocycles. The van der Waals surface area contributed by atoms with Gasteiger partial charge in [0.1, 0.15) is 11.5 Å². The Morgan fingerprint density at radius 2 is 1.92 bits per heavy atom. The summed E-state index contributed by atoms with van der Waals surface area (Å²) in [5, 5.41) is 11.8. The highest BCUT2D eigenvalue weighted by molar-refractivity contribution is 6.30. The molecule has 0 aliphatic carbocycles. The minimum atomic E-state index is -1.06. The van der Waals surface area contributed by atoms with E-state index in [-0.39, 0.29) is 5.91 Å². The Bertz CT molecular complexity index is 787. The van der Waals surface area contributed by atoms with Crippen molar-refractivity contribution < 1.29 is 24.2 Å². The number of methoxy groups -OCH3 is 1. The molecule has 130 valence electrons. The van der Waals surface area contributed by atoms with Crippen molar-refractivity contribution >= 4 is 35.2 Å². The number of halogens is 1. The molecule has 2 aromatic rings. The Morgan fingerprint density at radius 1 is 1.20 bits per heavy atom. The summed E-state index contributed by atoms with van der Waals surface area (Å²) < 4.78 is 10.2. The van der Waals surface area contributed by atoms with Gasteiger partial charge in [0, 0.05) is 22.3 Å². The topological polar surface area (TPSA) is 84.9 Å². The molecule has 0 aromatic heterocycles. The van der Waals surface area contributed by atoms with E-state index in [1.165, 1.54) is 13.2 Å². The van der Waals surface area contributed by atoms with E-state index in [2.05, 4.69) is 5.32 Å². The number of nitrogens with one attached hydrogen (secondary N) is 1. The van der Waals surface area contributed by atoms with E-state index in [1.54, 1.807) is 48.5 Å². The molecule has 0 radical (unpaired) electrons. The van der Waals surface area contributed by atoms with Crippen LogP contribution in [-0.4, -0.2) is 30.7 Å². The molecule has 0 unspecified atom stereocenters. The molecule has 7 heteroatoms. The van der Waals surface area contributed by atoms with Crippen LogP contribution in [0.15, 0.2) is 48.5 Å². The smallest absolute Gasteiger partial charge is 0.341 e. The van der Waals surface area contributed by atoms with Crippen LogP contribution in [0.5, 0.6) is 11.5 Å². The van der Waals surface area contributed by atoms with E-state index in [4.69, 9.17) is 26.2 Å². The zero-order valence-corrected chi connectivity index (χ0v) is 14.1. The fourth-order valence-corrected chi connectivity index (χ4v) is 2.14.